The van der Waals surface area contributed by atoms with E-state index < -0.39 is 5.97 Å². The molecule has 172 valence electrons. The van der Waals surface area contributed by atoms with E-state index in [1.54, 1.807) is 42.5 Å². The predicted molar refractivity (Wildman–Crippen MR) is 128 cm³/mol. The summed E-state index contributed by atoms with van der Waals surface area (Å²) in [6.07, 6.45) is 10.1. The molecule has 0 aliphatic heterocycles. The van der Waals surface area contributed by atoms with E-state index in [0.717, 1.165) is 12.8 Å². The molecule has 0 bridgehead atoms. The van der Waals surface area contributed by atoms with E-state index in [0.29, 0.717) is 22.8 Å². The standard InChI is InChI=1S/C25H31ClN2O4/c1-3-4-5-6-7-8-9-14-24(29)28-27-18-19-15-16-22(23(17-19)31-2)32-25(30)20-12-10-11-13-21(20)26/h10-13,15-18H,3-9,14H2,1-2H3,(H,28,29)/b27-18-. The molecule has 0 saturated carbocycles. The number of carbonyl (C=O) groups excluding carboxylic acids is 2. The molecule has 0 unspecified atom stereocenters. The van der Waals surface area contributed by atoms with E-state index in [1.807, 2.05) is 0 Å². The van der Waals surface area contributed by atoms with Crippen molar-refractivity contribution in [3.8, 4) is 11.5 Å². The number of hydrogen-bond donors (Lipinski definition) is 1. The molecule has 0 aliphatic carbocycles. The average molecular weight is 459 g/mol. The van der Waals surface area contributed by atoms with Crippen LogP contribution in [-0.2, 0) is 4.79 Å². The molecule has 0 spiro atoms. The minimum atomic E-state index is -0.576. The van der Waals surface area contributed by atoms with Gasteiger partial charge in [-0.3, -0.25) is 4.79 Å². The second kappa shape index (κ2) is 14.2. The third kappa shape index (κ3) is 8.71. The van der Waals surface area contributed by atoms with Crippen molar-refractivity contribution >= 4 is 29.7 Å². The molecule has 2 aromatic rings. The van der Waals surface area contributed by atoms with Crippen LogP contribution in [0.1, 0.15) is 74.2 Å². The van der Waals surface area contributed by atoms with Gasteiger partial charge in [-0.25, -0.2) is 10.2 Å². The Balaban J connectivity index is 1.83. The Morgan fingerprint density at radius 2 is 1.72 bits per heavy atom. The fourth-order valence-electron chi connectivity index (χ4n) is 3.11. The zero-order valence-electron chi connectivity index (χ0n) is 18.7. The Morgan fingerprint density at radius 1 is 1.00 bits per heavy atom. The molecule has 1 N–H and O–H groups in total. The van der Waals surface area contributed by atoms with Crippen molar-refractivity contribution in [2.24, 2.45) is 5.10 Å². The molecular formula is C25H31ClN2O4. The third-order valence-electron chi connectivity index (χ3n) is 4.89. The maximum atomic E-state index is 12.4. The van der Waals surface area contributed by atoms with Gasteiger partial charge < -0.3 is 9.47 Å². The summed E-state index contributed by atoms with van der Waals surface area (Å²) in [6.45, 7) is 2.20. The number of carbonyl (C=O) groups is 2. The molecular weight excluding hydrogens is 428 g/mol. The molecule has 0 aromatic heterocycles. The van der Waals surface area contributed by atoms with Gasteiger partial charge in [0.05, 0.1) is 23.9 Å². The fourth-order valence-corrected chi connectivity index (χ4v) is 3.32. The molecule has 2 rings (SSSR count). The molecule has 0 aliphatic rings. The highest BCUT2D eigenvalue weighted by Crippen LogP contribution is 2.29. The summed E-state index contributed by atoms with van der Waals surface area (Å²) in [5.41, 5.74) is 3.50. The van der Waals surface area contributed by atoms with Gasteiger partial charge in [-0.1, -0.05) is 69.2 Å². The molecule has 0 saturated heterocycles. The lowest BCUT2D eigenvalue weighted by molar-refractivity contribution is -0.121. The van der Waals surface area contributed by atoms with Gasteiger partial charge in [0, 0.05) is 6.42 Å². The van der Waals surface area contributed by atoms with E-state index >= 15 is 0 Å². The first-order chi connectivity index (χ1) is 15.5. The molecule has 32 heavy (non-hydrogen) atoms. The van der Waals surface area contributed by atoms with Crippen molar-refractivity contribution < 1.29 is 19.1 Å². The van der Waals surface area contributed by atoms with Crippen molar-refractivity contribution in [3.05, 3.63) is 58.6 Å². The first kappa shape index (κ1) is 25.4. The number of methoxy groups -OCH3 is 1. The zero-order chi connectivity index (χ0) is 23.2. The van der Waals surface area contributed by atoms with Crippen LogP contribution in [0.5, 0.6) is 11.5 Å². The number of esters is 1. The lowest BCUT2D eigenvalue weighted by Gasteiger charge is -2.10. The smallest absolute Gasteiger partial charge is 0.345 e. The Bertz CT molecular complexity index is 915. The minimum absolute atomic E-state index is 0.105. The van der Waals surface area contributed by atoms with Crippen molar-refractivity contribution in [1.82, 2.24) is 5.43 Å². The Kier molecular flexibility index (Phi) is 11.3. The van der Waals surface area contributed by atoms with Crippen LogP contribution in [0.25, 0.3) is 0 Å². The van der Waals surface area contributed by atoms with Crippen LogP contribution < -0.4 is 14.9 Å². The van der Waals surface area contributed by atoms with Crippen molar-refractivity contribution in [1.29, 1.82) is 0 Å². The number of unbranched alkanes of at least 4 members (excludes halogenated alkanes) is 6. The van der Waals surface area contributed by atoms with E-state index in [-0.39, 0.29) is 17.2 Å². The molecule has 7 heteroatoms. The summed E-state index contributed by atoms with van der Waals surface area (Å²) in [5, 5.41) is 4.31. The number of ether oxygens (including phenoxy) is 2. The summed E-state index contributed by atoms with van der Waals surface area (Å²) in [7, 11) is 1.48. The zero-order valence-corrected chi connectivity index (χ0v) is 19.5. The Labute approximate surface area is 195 Å². The molecule has 0 heterocycles. The van der Waals surface area contributed by atoms with Gasteiger partial charge in [-0.2, -0.15) is 5.10 Å². The average Bonchev–Trinajstić information content (AvgIpc) is 2.79. The van der Waals surface area contributed by atoms with E-state index in [2.05, 4.69) is 17.5 Å². The van der Waals surface area contributed by atoms with Gasteiger partial charge in [0.15, 0.2) is 11.5 Å². The summed E-state index contributed by atoms with van der Waals surface area (Å²) < 4.78 is 10.7. The van der Waals surface area contributed by atoms with Gasteiger partial charge in [0.25, 0.3) is 0 Å². The lowest BCUT2D eigenvalue weighted by atomic mass is 10.1. The predicted octanol–water partition coefficient (Wildman–Crippen LogP) is 6.16. The molecule has 2 aromatic carbocycles. The van der Waals surface area contributed by atoms with E-state index in [1.165, 1.54) is 45.4 Å². The first-order valence-electron chi connectivity index (χ1n) is 11.0. The van der Waals surface area contributed by atoms with Crippen molar-refractivity contribution in [2.45, 2.75) is 58.3 Å². The first-order valence-corrected chi connectivity index (χ1v) is 11.4. The van der Waals surface area contributed by atoms with Crippen LogP contribution >= 0.6 is 11.6 Å². The topological polar surface area (TPSA) is 77.0 Å². The fraction of sp³-hybridized carbons (Fsp3) is 0.400. The summed E-state index contributed by atoms with van der Waals surface area (Å²) in [5.74, 6) is -0.0543. The SMILES string of the molecule is CCCCCCCCCC(=O)N/N=C\c1ccc(OC(=O)c2ccccc2Cl)c(OC)c1. The molecule has 1 amide bonds. The number of hydrazone groups is 1. The van der Waals surface area contributed by atoms with Crippen molar-refractivity contribution in [2.75, 3.05) is 7.11 Å². The number of nitrogens with one attached hydrogen (secondary N) is 1. The van der Waals surface area contributed by atoms with Gasteiger partial charge in [0.2, 0.25) is 5.91 Å². The largest absolute Gasteiger partial charge is 0.493 e. The highest BCUT2D eigenvalue weighted by molar-refractivity contribution is 6.33. The van der Waals surface area contributed by atoms with Crippen LogP contribution in [-0.4, -0.2) is 25.2 Å². The maximum absolute atomic E-state index is 12.4. The second-order valence-corrected chi connectivity index (χ2v) is 7.85. The molecule has 6 nitrogen and oxygen atoms in total. The maximum Gasteiger partial charge on any atom is 0.345 e. The highest BCUT2D eigenvalue weighted by Gasteiger charge is 2.15. The quantitative estimate of drug-likeness (QED) is 0.128. The summed E-state index contributed by atoms with van der Waals surface area (Å²) >= 11 is 6.05. The van der Waals surface area contributed by atoms with Gasteiger partial charge in [-0.05, 0) is 42.3 Å². The van der Waals surface area contributed by atoms with Crippen LogP contribution in [0.15, 0.2) is 47.6 Å². The van der Waals surface area contributed by atoms with Crippen LogP contribution in [0.2, 0.25) is 5.02 Å². The van der Waals surface area contributed by atoms with Gasteiger partial charge in [0.1, 0.15) is 0 Å². The Morgan fingerprint density at radius 3 is 2.44 bits per heavy atom. The van der Waals surface area contributed by atoms with E-state index in [4.69, 9.17) is 21.1 Å². The van der Waals surface area contributed by atoms with Gasteiger partial charge >= 0.3 is 5.97 Å². The molecule has 0 fully saturated rings. The Hall–Kier alpha value is -2.86. The summed E-state index contributed by atoms with van der Waals surface area (Å²) in [4.78, 5) is 24.3. The number of amides is 1. The second-order valence-electron chi connectivity index (χ2n) is 7.44. The number of rotatable bonds is 13. The van der Waals surface area contributed by atoms with Crippen LogP contribution in [0.4, 0.5) is 0 Å². The molecule has 0 atom stereocenters. The monoisotopic (exact) mass is 458 g/mol. The van der Waals surface area contributed by atoms with Crippen LogP contribution in [0, 0.1) is 0 Å². The third-order valence-corrected chi connectivity index (χ3v) is 5.22. The van der Waals surface area contributed by atoms with Crippen LogP contribution in [0.3, 0.4) is 0 Å². The van der Waals surface area contributed by atoms with Gasteiger partial charge in [-0.15, -0.1) is 0 Å². The number of hydrogen-bond acceptors (Lipinski definition) is 5. The molecule has 0 radical (unpaired) electrons. The highest BCUT2D eigenvalue weighted by atomic mass is 35.5. The number of benzene rings is 2. The number of halogens is 1. The van der Waals surface area contributed by atoms with E-state index in [9.17, 15) is 9.59 Å². The lowest BCUT2D eigenvalue weighted by Crippen LogP contribution is -2.16. The summed E-state index contributed by atoms with van der Waals surface area (Å²) in [6, 6.07) is 11.6. The van der Waals surface area contributed by atoms with Crippen molar-refractivity contribution in [3.63, 3.8) is 0 Å². The minimum Gasteiger partial charge on any atom is -0.493 e. The number of nitrogens with zero attached hydrogens (tertiary/aromatic N) is 1. The normalized spacial score (nSPS) is 10.8.